The maximum atomic E-state index is 12.9. The third kappa shape index (κ3) is 5.06. The van der Waals surface area contributed by atoms with Gasteiger partial charge in [-0.05, 0) is 36.2 Å². The highest BCUT2D eigenvalue weighted by molar-refractivity contribution is 7.99. The molecule has 9 heteroatoms. The molecule has 180 valence electrons. The van der Waals surface area contributed by atoms with E-state index >= 15 is 0 Å². The lowest BCUT2D eigenvalue weighted by atomic mass is 10.1. The molecular formula is C27H25N7OS. The van der Waals surface area contributed by atoms with E-state index in [9.17, 15) is 4.79 Å². The number of para-hydroxylation sites is 1. The standard InChI is InChI=1S/C27H25N7OS/c1-3-19-11-13-20(14-12-19)23-16-24(34(32-23)22-9-5-4-6-10-22)29-25(35)18-36-27-31-30-26(33(27)2)21-8-7-15-28-17-21/h4-17H,3,18H2,1-2H3,(H,29,35). The maximum Gasteiger partial charge on any atom is 0.236 e. The Balaban J connectivity index is 1.34. The fraction of sp³-hybridized carbons (Fsp3) is 0.148. The molecule has 5 aromatic rings. The van der Waals surface area contributed by atoms with E-state index in [1.54, 1.807) is 17.1 Å². The Kier molecular flexibility index (Phi) is 6.90. The van der Waals surface area contributed by atoms with E-state index in [0.29, 0.717) is 16.8 Å². The fourth-order valence-electron chi connectivity index (χ4n) is 3.78. The van der Waals surface area contributed by atoms with Crippen LogP contribution in [-0.4, -0.2) is 41.2 Å². The first-order chi connectivity index (χ1) is 17.6. The summed E-state index contributed by atoms with van der Waals surface area (Å²) < 4.78 is 3.62. The van der Waals surface area contributed by atoms with Crippen LogP contribution in [0, 0.1) is 0 Å². The van der Waals surface area contributed by atoms with Crippen molar-refractivity contribution in [2.24, 2.45) is 7.05 Å². The summed E-state index contributed by atoms with van der Waals surface area (Å²) in [6.07, 6.45) is 4.43. The van der Waals surface area contributed by atoms with Crippen LogP contribution in [0.5, 0.6) is 0 Å². The van der Waals surface area contributed by atoms with Crippen molar-refractivity contribution < 1.29 is 4.79 Å². The van der Waals surface area contributed by atoms with Crippen LogP contribution >= 0.6 is 11.8 Å². The predicted molar refractivity (Wildman–Crippen MR) is 142 cm³/mol. The number of aromatic nitrogens is 6. The summed E-state index contributed by atoms with van der Waals surface area (Å²) in [5, 5.41) is 17.0. The molecule has 3 aromatic heterocycles. The Hall–Kier alpha value is -4.24. The zero-order valence-corrected chi connectivity index (χ0v) is 20.8. The molecule has 0 saturated heterocycles. The molecule has 0 aliphatic rings. The van der Waals surface area contributed by atoms with Crippen LogP contribution in [0.3, 0.4) is 0 Å². The van der Waals surface area contributed by atoms with E-state index in [-0.39, 0.29) is 11.7 Å². The highest BCUT2D eigenvalue weighted by atomic mass is 32.2. The zero-order chi connectivity index (χ0) is 24.9. The first kappa shape index (κ1) is 23.5. The van der Waals surface area contributed by atoms with Crippen molar-refractivity contribution in [3.63, 3.8) is 0 Å². The number of hydrogen-bond donors (Lipinski definition) is 1. The van der Waals surface area contributed by atoms with Crippen molar-refractivity contribution in [1.82, 2.24) is 29.5 Å². The Morgan fingerprint density at radius 1 is 0.972 bits per heavy atom. The molecule has 1 N–H and O–H groups in total. The Bertz CT molecular complexity index is 1460. The summed E-state index contributed by atoms with van der Waals surface area (Å²) in [7, 11) is 1.88. The van der Waals surface area contributed by atoms with Gasteiger partial charge >= 0.3 is 0 Å². The molecule has 0 radical (unpaired) electrons. The van der Waals surface area contributed by atoms with Crippen LogP contribution < -0.4 is 5.32 Å². The first-order valence-electron chi connectivity index (χ1n) is 11.6. The number of amides is 1. The third-order valence-corrected chi connectivity index (χ3v) is 6.74. The highest BCUT2D eigenvalue weighted by Crippen LogP contribution is 2.26. The molecule has 0 aliphatic heterocycles. The van der Waals surface area contributed by atoms with Gasteiger partial charge in [0.2, 0.25) is 5.91 Å². The third-order valence-electron chi connectivity index (χ3n) is 5.72. The van der Waals surface area contributed by atoms with Crippen molar-refractivity contribution in [2.45, 2.75) is 18.5 Å². The first-order valence-corrected chi connectivity index (χ1v) is 12.6. The summed E-state index contributed by atoms with van der Waals surface area (Å²) in [5.74, 6) is 1.33. The van der Waals surface area contributed by atoms with E-state index in [4.69, 9.17) is 5.10 Å². The number of nitrogens with one attached hydrogen (secondary N) is 1. The minimum atomic E-state index is -0.157. The maximum absolute atomic E-state index is 12.9. The summed E-state index contributed by atoms with van der Waals surface area (Å²) in [6, 6.07) is 23.8. The highest BCUT2D eigenvalue weighted by Gasteiger charge is 2.16. The zero-order valence-electron chi connectivity index (χ0n) is 20.0. The van der Waals surface area contributed by atoms with Crippen LogP contribution in [-0.2, 0) is 18.3 Å². The van der Waals surface area contributed by atoms with Gasteiger partial charge in [0.15, 0.2) is 11.0 Å². The van der Waals surface area contributed by atoms with Gasteiger partial charge in [-0.1, -0.05) is 61.2 Å². The van der Waals surface area contributed by atoms with E-state index in [1.807, 2.05) is 60.1 Å². The monoisotopic (exact) mass is 495 g/mol. The summed E-state index contributed by atoms with van der Waals surface area (Å²) >= 11 is 1.33. The van der Waals surface area contributed by atoms with Gasteiger partial charge in [-0.2, -0.15) is 5.10 Å². The second-order valence-corrected chi connectivity index (χ2v) is 9.10. The number of carbonyl (C=O) groups is 1. The minimum Gasteiger partial charge on any atom is -0.310 e. The molecule has 3 heterocycles. The van der Waals surface area contributed by atoms with Crippen LogP contribution in [0.2, 0.25) is 0 Å². The number of carbonyl (C=O) groups excluding carboxylic acids is 1. The number of hydrogen-bond acceptors (Lipinski definition) is 6. The lowest BCUT2D eigenvalue weighted by Crippen LogP contribution is -2.17. The van der Waals surface area contributed by atoms with Crippen molar-refractivity contribution >= 4 is 23.5 Å². The predicted octanol–water partition coefficient (Wildman–Crippen LogP) is 5.02. The van der Waals surface area contributed by atoms with Crippen molar-refractivity contribution in [1.29, 1.82) is 0 Å². The SMILES string of the molecule is CCc1ccc(-c2cc(NC(=O)CSc3nnc(-c4cccnc4)n3C)n(-c3ccccc3)n2)cc1. The average Bonchev–Trinajstić information content (AvgIpc) is 3.52. The normalized spacial score (nSPS) is 10.9. The van der Waals surface area contributed by atoms with Crippen LogP contribution in [0.25, 0.3) is 28.3 Å². The van der Waals surface area contributed by atoms with Crippen LogP contribution in [0.4, 0.5) is 5.82 Å². The van der Waals surface area contributed by atoms with E-state index < -0.39 is 0 Å². The van der Waals surface area contributed by atoms with Gasteiger partial charge in [-0.15, -0.1) is 10.2 Å². The molecule has 8 nitrogen and oxygen atoms in total. The molecule has 0 aliphatic carbocycles. The summed E-state index contributed by atoms with van der Waals surface area (Å²) in [4.78, 5) is 17.1. The molecular weight excluding hydrogens is 470 g/mol. The molecule has 0 bridgehead atoms. The van der Waals surface area contributed by atoms with E-state index in [0.717, 1.165) is 28.9 Å². The van der Waals surface area contributed by atoms with Crippen molar-refractivity contribution in [3.8, 4) is 28.3 Å². The van der Waals surface area contributed by atoms with Crippen LogP contribution in [0.1, 0.15) is 12.5 Å². The van der Waals surface area contributed by atoms with Crippen molar-refractivity contribution in [2.75, 3.05) is 11.1 Å². The van der Waals surface area contributed by atoms with Gasteiger partial charge in [0.25, 0.3) is 0 Å². The second-order valence-electron chi connectivity index (χ2n) is 8.16. The topological polar surface area (TPSA) is 90.5 Å². The number of rotatable bonds is 8. The Morgan fingerprint density at radius 3 is 2.50 bits per heavy atom. The van der Waals surface area contributed by atoms with Gasteiger partial charge in [-0.3, -0.25) is 9.78 Å². The van der Waals surface area contributed by atoms with Crippen LogP contribution in [0.15, 0.2) is 90.3 Å². The molecule has 0 spiro atoms. The fourth-order valence-corrected chi connectivity index (χ4v) is 4.50. The Morgan fingerprint density at radius 2 is 1.78 bits per heavy atom. The van der Waals surface area contributed by atoms with E-state index in [1.165, 1.54) is 17.3 Å². The molecule has 0 unspecified atom stereocenters. The number of nitrogens with zero attached hydrogens (tertiary/aromatic N) is 6. The number of pyridine rings is 1. The van der Waals surface area contributed by atoms with Gasteiger partial charge in [0.05, 0.1) is 17.1 Å². The number of thioether (sulfide) groups is 1. The molecule has 36 heavy (non-hydrogen) atoms. The van der Waals surface area contributed by atoms with Crippen molar-refractivity contribution in [3.05, 3.63) is 90.8 Å². The average molecular weight is 496 g/mol. The number of anilines is 1. The number of aryl methyl sites for hydroxylation is 1. The Labute approximate surface area is 213 Å². The summed E-state index contributed by atoms with van der Waals surface area (Å²) in [6.45, 7) is 2.13. The molecule has 0 fully saturated rings. The van der Waals surface area contributed by atoms with Gasteiger partial charge in [0.1, 0.15) is 5.82 Å². The lowest BCUT2D eigenvalue weighted by molar-refractivity contribution is -0.113. The smallest absolute Gasteiger partial charge is 0.236 e. The summed E-state index contributed by atoms with van der Waals surface area (Å²) in [5.41, 5.74) is 4.79. The largest absolute Gasteiger partial charge is 0.310 e. The van der Waals surface area contributed by atoms with Gasteiger partial charge in [0, 0.05) is 36.6 Å². The second kappa shape index (κ2) is 10.6. The quantitative estimate of drug-likeness (QED) is 0.304. The molecule has 1 amide bonds. The molecule has 2 aromatic carbocycles. The molecule has 5 rings (SSSR count). The van der Waals surface area contributed by atoms with E-state index in [2.05, 4.69) is 51.7 Å². The molecule has 0 atom stereocenters. The van der Waals surface area contributed by atoms with Gasteiger partial charge in [-0.25, -0.2) is 4.68 Å². The molecule has 0 saturated carbocycles. The minimum absolute atomic E-state index is 0.157. The number of benzene rings is 2. The lowest BCUT2D eigenvalue weighted by Gasteiger charge is -2.08. The van der Waals surface area contributed by atoms with Gasteiger partial charge < -0.3 is 9.88 Å².